The van der Waals surface area contributed by atoms with Gasteiger partial charge in [0.25, 0.3) is 0 Å². The highest BCUT2D eigenvalue weighted by Crippen LogP contribution is 2.38. The Kier molecular flexibility index (Phi) is 3.78. The third kappa shape index (κ3) is 2.60. The predicted molar refractivity (Wildman–Crippen MR) is 67.3 cm³/mol. The van der Waals surface area contributed by atoms with E-state index in [-0.39, 0.29) is 12.1 Å². The summed E-state index contributed by atoms with van der Waals surface area (Å²) in [5, 5.41) is 14.9. The number of amides is 2. The molecule has 2 rings (SSSR count). The van der Waals surface area contributed by atoms with Gasteiger partial charge in [-0.3, -0.25) is 4.79 Å². The lowest BCUT2D eigenvalue weighted by Crippen LogP contribution is -2.51. The first kappa shape index (κ1) is 13.2. The Balaban J connectivity index is 1.80. The molecule has 18 heavy (non-hydrogen) atoms. The van der Waals surface area contributed by atoms with Gasteiger partial charge in [0.2, 0.25) is 0 Å². The predicted octanol–water partition coefficient (Wildman–Crippen LogP) is 1.73. The summed E-state index contributed by atoms with van der Waals surface area (Å²) in [7, 11) is 0. The number of carbonyl (C=O) groups excluding carboxylic acids is 1. The number of carboxylic acids is 1. The van der Waals surface area contributed by atoms with Crippen molar-refractivity contribution < 1.29 is 14.7 Å². The van der Waals surface area contributed by atoms with E-state index in [1.165, 1.54) is 19.3 Å². The third-order valence-electron chi connectivity index (χ3n) is 4.53. The smallest absolute Gasteiger partial charge is 0.315 e. The molecule has 0 spiro atoms. The van der Waals surface area contributed by atoms with Gasteiger partial charge in [0.15, 0.2) is 0 Å². The molecule has 2 aliphatic carbocycles. The zero-order chi connectivity index (χ0) is 13.2. The summed E-state index contributed by atoms with van der Waals surface area (Å²) in [5.74, 6) is -0.200. The topological polar surface area (TPSA) is 78.4 Å². The molecule has 2 unspecified atom stereocenters. The molecule has 0 heterocycles. The Hall–Kier alpha value is -1.26. The van der Waals surface area contributed by atoms with Crippen molar-refractivity contribution >= 4 is 12.0 Å². The molecule has 0 aromatic rings. The van der Waals surface area contributed by atoms with Gasteiger partial charge in [0, 0.05) is 12.6 Å². The maximum absolute atomic E-state index is 11.7. The second-order valence-corrected chi connectivity index (χ2v) is 5.82. The molecule has 2 aliphatic rings. The number of carboxylic acid groups (broad SMARTS) is 1. The molecular weight excluding hydrogens is 232 g/mol. The second-order valence-electron chi connectivity index (χ2n) is 5.82. The third-order valence-corrected chi connectivity index (χ3v) is 4.53. The summed E-state index contributed by atoms with van der Waals surface area (Å²) in [6, 6.07) is -0.474. The molecule has 0 aromatic carbocycles. The van der Waals surface area contributed by atoms with Gasteiger partial charge in [0.05, 0.1) is 5.41 Å². The van der Waals surface area contributed by atoms with Crippen LogP contribution in [0.4, 0.5) is 4.79 Å². The van der Waals surface area contributed by atoms with E-state index in [0.717, 1.165) is 12.8 Å². The van der Waals surface area contributed by atoms with E-state index in [1.54, 1.807) is 6.92 Å². The van der Waals surface area contributed by atoms with Crippen LogP contribution >= 0.6 is 0 Å². The quantitative estimate of drug-likeness (QED) is 0.715. The van der Waals surface area contributed by atoms with Gasteiger partial charge < -0.3 is 15.7 Å². The molecular formula is C13H22N2O3. The monoisotopic (exact) mass is 254 g/mol. The maximum atomic E-state index is 11.7. The number of urea groups is 1. The first-order chi connectivity index (χ1) is 8.52. The van der Waals surface area contributed by atoms with Crippen LogP contribution in [0.25, 0.3) is 0 Å². The average molecular weight is 254 g/mol. The first-order valence-corrected chi connectivity index (χ1v) is 6.80. The van der Waals surface area contributed by atoms with E-state index in [0.29, 0.717) is 18.9 Å². The van der Waals surface area contributed by atoms with Crippen molar-refractivity contribution in [3.05, 3.63) is 0 Å². The number of hydrogen-bond donors (Lipinski definition) is 3. The van der Waals surface area contributed by atoms with Gasteiger partial charge in [-0.25, -0.2) is 4.79 Å². The summed E-state index contributed by atoms with van der Waals surface area (Å²) in [4.78, 5) is 23.0. The van der Waals surface area contributed by atoms with Crippen molar-refractivity contribution in [2.45, 2.75) is 51.5 Å². The van der Waals surface area contributed by atoms with Crippen molar-refractivity contribution in [1.29, 1.82) is 0 Å². The first-order valence-electron chi connectivity index (χ1n) is 6.80. The molecule has 3 N–H and O–H groups in total. The molecule has 0 aromatic heterocycles. The minimum Gasteiger partial charge on any atom is -0.481 e. The van der Waals surface area contributed by atoms with Crippen LogP contribution in [-0.2, 0) is 4.79 Å². The van der Waals surface area contributed by atoms with Crippen LogP contribution < -0.4 is 10.6 Å². The lowest BCUT2D eigenvalue weighted by Gasteiger charge is -2.29. The van der Waals surface area contributed by atoms with Gasteiger partial charge in [-0.1, -0.05) is 12.8 Å². The summed E-state index contributed by atoms with van der Waals surface area (Å²) in [5.41, 5.74) is -0.812. The van der Waals surface area contributed by atoms with E-state index < -0.39 is 11.4 Å². The fourth-order valence-electron chi connectivity index (χ4n) is 2.80. The van der Waals surface area contributed by atoms with Gasteiger partial charge in [-0.2, -0.15) is 0 Å². The Labute approximate surface area is 107 Å². The fourth-order valence-corrected chi connectivity index (χ4v) is 2.80. The summed E-state index contributed by atoms with van der Waals surface area (Å²) >= 11 is 0. The minimum absolute atomic E-state index is 0.221. The van der Waals surface area contributed by atoms with Crippen molar-refractivity contribution in [1.82, 2.24) is 10.6 Å². The summed E-state index contributed by atoms with van der Waals surface area (Å²) in [6.07, 6.45) is 5.88. The molecule has 5 nitrogen and oxygen atoms in total. The Morgan fingerprint density at radius 3 is 2.56 bits per heavy atom. The second kappa shape index (κ2) is 5.16. The Morgan fingerprint density at radius 1 is 1.28 bits per heavy atom. The van der Waals surface area contributed by atoms with Crippen molar-refractivity contribution in [2.75, 3.05) is 6.54 Å². The SMILES string of the molecule is CC1(C(=O)O)CCCC1NC(=O)NCC1CCC1. The molecule has 2 atom stereocenters. The van der Waals surface area contributed by atoms with E-state index in [4.69, 9.17) is 0 Å². The molecule has 102 valence electrons. The van der Waals surface area contributed by atoms with Crippen molar-refractivity contribution in [2.24, 2.45) is 11.3 Å². The van der Waals surface area contributed by atoms with Crippen LogP contribution in [-0.4, -0.2) is 29.7 Å². The van der Waals surface area contributed by atoms with E-state index in [9.17, 15) is 14.7 Å². The van der Waals surface area contributed by atoms with E-state index in [1.807, 2.05) is 0 Å². The molecule has 2 fully saturated rings. The molecule has 0 saturated heterocycles. The van der Waals surface area contributed by atoms with Crippen LogP contribution in [0.3, 0.4) is 0 Å². The fraction of sp³-hybridized carbons (Fsp3) is 0.846. The minimum atomic E-state index is -0.815. The van der Waals surface area contributed by atoms with E-state index in [2.05, 4.69) is 10.6 Å². The molecule has 2 saturated carbocycles. The lowest BCUT2D eigenvalue weighted by atomic mass is 9.85. The zero-order valence-electron chi connectivity index (χ0n) is 10.9. The maximum Gasteiger partial charge on any atom is 0.315 e. The van der Waals surface area contributed by atoms with Crippen molar-refractivity contribution in [3.63, 3.8) is 0 Å². The largest absolute Gasteiger partial charge is 0.481 e. The Bertz CT molecular complexity index is 341. The zero-order valence-corrected chi connectivity index (χ0v) is 10.9. The summed E-state index contributed by atoms with van der Waals surface area (Å²) < 4.78 is 0. The van der Waals surface area contributed by atoms with Gasteiger partial charge in [-0.15, -0.1) is 0 Å². The standard InChI is InChI=1S/C13H22N2O3/c1-13(11(16)17)7-3-6-10(13)15-12(18)14-8-9-4-2-5-9/h9-10H,2-8H2,1H3,(H,16,17)(H2,14,15,18). The van der Waals surface area contributed by atoms with Gasteiger partial charge in [0.1, 0.15) is 0 Å². The van der Waals surface area contributed by atoms with Crippen LogP contribution in [0.1, 0.15) is 45.4 Å². The molecule has 0 aliphatic heterocycles. The van der Waals surface area contributed by atoms with Crippen LogP contribution in [0.2, 0.25) is 0 Å². The number of hydrogen-bond acceptors (Lipinski definition) is 2. The number of nitrogens with one attached hydrogen (secondary N) is 2. The molecule has 0 bridgehead atoms. The van der Waals surface area contributed by atoms with Crippen LogP contribution in [0.5, 0.6) is 0 Å². The molecule has 2 amide bonds. The summed E-state index contributed by atoms with van der Waals surface area (Å²) in [6.45, 7) is 2.43. The number of rotatable bonds is 4. The molecule has 5 heteroatoms. The molecule has 0 radical (unpaired) electrons. The van der Waals surface area contributed by atoms with Crippen LogP contribution in [0.15, 0.2) is 0 Å². The Morgan fingerprint density at radius 2 is 2.00 bits per heavy atom. The van der Waals surface area contributed by atoms with Gasteiger partial charge in [-0.05, 0) is 38.5 Å². The lowest BCUT2D eigenvalue weighted by molar-refractivity contribution is -0.148. The normalized spacial score (nSPS) is 31.7. The van der Waals surface area contributed by atoms with E-state index >= 15 is 0 Å². The number of carbonyl (C=O) groups is 2. The van der Waals surface area contributed by atoms with Gasteiger partial charge >= 0.3 is 12.0 Å². The highest BCUT2D eigenvalue weighted by atomic mass is 16.4. The average Bonchev–Trinajstić information content (AvgIpc) is 2.59. The number of aliphatic carboxylic acids is 1. The highest BCUT2D eigenvalue weighted by Gasteiger charge is 2.45. The highest BCUT2D eigenvalue weighted by molar-refractivity contribution is 5.79. The van der Waals surface area contributed by atoms with Crippen LogP contribution in [0, 0.1) is 11.3 Å². The van der Waals surface area contributed by atoms with Crippen molar-refractivity contribution in [3.8, 4) is 0 Å².